The number of benzene rings is 2. The molecule has 3 aromatic rings. The van der Waals surface area contributed by atoms with E-state index in [4.69, 9.17) is 14.0 Å². The summed E-state index contributed by atoms with van der Waals surface area (Å²) in [5, 5.41) is 4.11. The third-order valence-corrected chi connectivity index (χ3v) is 4.86. The zero-order valence-electron chi connectivity index (χ0n) is 14.5. The molecule has 3 heterocycles. The van der Waals surface area contributed by atoms with Gasteiger partial charge in [-0.1, -0.05) is 35.5 Å². The molecule has 1 aromatic heterocycles. The molecule has 1 atom stereocenters. The Balaban J connectivity index is 1.32. The summed E-state index contributed by atoms with van der Waals surface area (Å²) in [6, 6.07) is 15.5. The highest BCUT2D eigenvalue weighted by molar-refractivity contribution is 5.79. The van der Waals surface area contributed by atoms with Crippen molar-refractivity contribution in [3.63, 3.8) is 0 Å². The highest BCUT2D eigenvalue weighted by atomic mass is 16.7. The average molecular weight is 363 g/mol. The maximum Gasteiger partial charge on any atom is 0.258 e. The number of ether oxygens (including phenoxy) is 2. The first-order valence-corrected chi connectivity index (χ1v) is 8.81. The van der Waals surface area contributed by atoms with Crippen molar-refractivity contribution in [2.75, 3.05) is 13.3 Å². The fourth-order valence-electron chi connectivity index (χ4n) is 3.45. The van der Waals surface area contributed by atoms with Crippen LogP contribution in [0.15, 0.2) is 53.1 Å². The summed E-state index contributed by atoms with van der Waals surface area (Å²) in [5.74, 6) is 2.39. The minimum atomic E-state index is -0.0623. The molecule has 2 aliphatic heterocycles. The summed E-state index contributed by atoms with van der Waals surface area (Å²) in [6.07, 6.45) is 0.396. The number of hydrogen-bond donors (Lipinski definition) is 0. The Morgan fingerprint density at radius 2 is 1.93 bits per heavy atom. The van der Waals surface area contributed by atoms with Crippen LogP contribution in [0.25, 0.3) is 11.5 Å². The maximum atomic E-state index is 12.4. The first-order valence-electron chi connectivity index (χ1n) is 8.81. The van der Waals surface area contributed by atoms with E-state index in [1.807, 2.05) is 53.4 Å². The van der Waals surface area contributed by atoms with Crippen LogP contribution in [-0.4, -0.2) is 34.3 Å². The van der Waals surface area contributed by atoms with Gasteiger partial charge in [0.1, 0.15) is 0 Å². The summed E-state index contributed by atoms with van der Waals surface area (Å²) in [4.78, 5) is 18.7. The predicted molar refractivity (Wildman–Crippen MR) is 95.1 cm³/mol. The second-order valence-electron chi connectivity index (χ2n) is 6.69. The normalized spacial score (nSPS) is 18.3. The smallest absolute Gasteiger partial charge is 0.258 e. The van der Waals surface area contributed by atoms with E-state index >= 15 is 0 Å². The first-order chi connectivity index (χ1) is 13.3. The van der Waals surface area contributed by atoms with Gasteiger partial charge in [0.05, 0.1) is 0 Å². The lowest BCUT2D eigenvalue weighted by molar-refractivity contribution is -0.128. The number of carbonyl (C=O) groups is 1. The van der Waals surface area contributed by atoms with Crippen LogP contribution in [0.1, 0.15) is 23.7 Å². The van der Waals surface area contributed by atoms with Gasteiger partial charge in [0.2, 0.25) is 12.7 Å². The highest BCUT2D eigenvalue weighted by Crippen LogP contribution is 2.36. The van der Waals surface area contributed by atoms with Gasteiger partial charge in [-0.05, 0) is 23.8 Å². The Kier molecular flexibility index (Phi) is 3.78. The molecule has 0 N–H and O–H groups in total. The molecular weight excluding hydrogens is 346 g/mol. The molecule has 1 unspecified atom stereocenters. The van der Waals surface area contributed by atoms with Crippen molar-refractivity contribution in [2.45, 2.75) is 18.9 Å². The van der Waals surface area contributed by atoms with Crippen LogP contribution in [0.5, 0.6) is 11.5 Å². The minimum absolute atomic E-state index is 0.0623. The number of amides is 1. The molecule has 0 saturated carbocycles. The van der Waals surface area contributed by atoms with E-state index in [-0.39, 0.29) is 18.6 Å². The maximum absolute atomic E-state index is 12.4. The van der Waals surface area contributed by atoms with Crippen molar-refractivity contribution < 1.29 is 18.8 Å². The molecule has 2 aliphatic rings. The fourth-order valence-corrected chi connectivity index (χ4v) is 3.45. The third-order valence-electron chi connectivity index (χ3n) is 4.86. The Labute approximate surface area is 155 Å². The van der Waals surface area contributed by atoms with E-state index in [0.29, 0.717) is 42.7 Å². The topological polar surface area (TPSA) is 77.7 Å². The van der Waals surface area contributed by atoms with Gasteiger partial charge >= 0.3 is 0 Å². The summed E-state index contributed by atoms with van der Waals surface area (Å²) in [6.45, 7) is 1.41. The number of carbonyl (C=O) groups excluding carboxylic acids is 1. The fraction of sp³-hybridized carbons (Fsp3) is 0.250. The summed E-state index contributed by atoms with van der Waals surface area (Å²) < 4.78 is 16.1. The molecule has 7 heteroatoms. The monoisotopic (exact) mass is 363 g/mol. The van der Waals surface area contributed by atoms with Gasteiger partial charge in [-0.25, -0.2) is 0 Å². The van der Waals surface area contributed by atoms with E-state index in [2.05, 4.69) is 10.1 Å². The van der Waals surface area contributed by atoms with Crippen molar-refractivity contribution in [3.05, 3.63) is 59.9 Å². The van der Waals surface area contributed by atoms with E-state index in [0.717, 1.165) is 11.1 Å². The number of rotatable bonds is 4. The van der Waals surface area contributed by atoms with Gasteiger partial charge in [0.15, 0.2) is 17.3 Å². The van der Waals surface area contributed by atoms with Crippen molar-refractivity contribution in [1.29, 1.82) is 0 Å². The molecule has 1 fully saturated rings. The molecule has 2 aromatic carbocycles. The molecule has 27 heavy (non-hydrogen) atoms. The van der Waals surface area contributed by atoms with Crippen molar-refractivity contribution in [3.8, 4) is 23.0 Å². The quantitative estimate of drug-likeness (QED) is 0.709. The van der Waals surface area contributed by atoms with E-state index < -0.39 is 0 Å². The number of likely N-dealkylation sites (tertiary alicyclic amines) is 1. The van der Waals surface area contributed by atoms with E-state index in [1.165, 1.54) is 0 Å². The zero-order chi connectivity index (χ0) is 18.2. The summed E-state index contributed by atoms with van der Waals surface area (Å²) in [7, 11) is 0. The second-order valence-corrected chi connectivity index (χ2v) is 6.69. The van der Waals surface area contributed by atoms with Gasteiger partial charge in [-0.2, -0.15) is 4.98 Å². The number of fused-ring (bicyclic) bond motifs is 1. The average Bonchev–Trinajstić information content (AvgIpc) is 3.42. The largest absolute Gasteiger partial charge is 0.454 e. The number of aromatic nitrogens is 2. The van der Waals surface area contributed by atoms with Crippen LogP contribution < -0.4 is 9.47 Å². The van der Waals surface area contributed by atoms with Gasteiger partial charge < -0.3 is 18.9 Å². The molecule has 136 valence electrons. The lowest BCUT2D eigenvalue weighted by atomic mass is 10.1. The summed E-state index contributed by atoms with van der Waals surface area (Å²) >= 11 is 0. The molecule has 1 amide bonds. The van der Waals surface area contributed by atoms with E-state index in [9.17, 15) is 4.79 Å². The van der Waals surface area contributed by atoms with Gasteiger partial charge in [-0.3, -0.25) is 4.79 Å². The van der Waals surface area contributed by atoms with Crippen LogP contribution in [0.4, 0.5) is 0 Å². The summed E-state index contributed by atoms with van der Waals surface area (Å²) in [5.41, 5.74) is 1.88. The molecule has 7 nitrogen and oxygen atoms in total. The Morgan fingerprint density at radius 1 is 1.07 bits per heavy atom. The predicted octanol–water partition coefficient (Wildman–Crippen LogP) is 2.98. The molecule has 0 spiro atoms. The van der Waals surface area contributed by atoms with Crippen molar-refractivity contribution in [2.24, 2.45) is 0 Å². The molecule has 0 aliphatic carbocycles. The van der Waals surface area contributed by atoms with Crippen molar-refractivity contribution in [1.82, 2.24) is 15.0 Å². The number of nitrogens with zero attached hydrogens (tertiary/aromatic N) is 3. The van der Waals surface area contributed by atoms with Crippen LogP contribution in [0, 0.1) is 0 Å². The number of hydrogen-bond acceptors (Lipinski definition) is 6. The van der Waals surface area contributed by atoms with Crippen LogP contribution in [0.3, 0.4) is 0 Å². The third kappa shape index (κ3) is 3.01. The first kappa shape index (κ1) is 15.9. The molecule has 0 radical (unpaired) electrons. The van der Waals surface area contributed by atoms with Crippen LogP contribution >= 0.6 is 0 Å². The lowest BCUT2D eigenvalue weighted by Gasteiger charge is -2.15. The van der Waals surface area contributed by atoms with Crippen LogP contribution in [0.2, 0.25) is 0 Å². The Bertz CT molecular complexity index is 986. The molecular formula is C20H17N3O4. The SMILES string of the molecule is O=C1CC(c2noc(-c3ccc4c(c3)OCO4)n2)CN1Cc1ccccc1. The minimum Gasteiger partial charge on any atom is -0.454 e. The molecule has 5 rings (SSSR count). The van der Waals surface area contributed by atoms with E-state index in [1.54, 1.807) is 0 Å². The Hall–Kier alpha value is -3.35. The van der Waals surface area contributed by atoms with Crippen molar-refractivity contribution >= 4 is 5.91 Å². The standard InChI is InChI=1S/C20H17N3O4/c24-18-9-15(11-23(18)10-13-4-2-1-3-5-13)19-21-20(27-22-19)14-6-7-16-17(8-14)26-12-25-16/h1-8,15H,9-12H2. The Morgan fingerprint density at radius 3 is 2.81 bits per heavy atom. The zero-order valence-corrected chi connectivity index (χ0v) is 14.5. The molecule has 1 saturated heterocycles. The van der Waals surface area contributed by atoms with Gasteiger partial charge in [0.25, 0.3) is 5.89 Å². The second kappa shape index (κ2) is 6.42. The highest BCUT2D eigenvalue weighted by Gasteiger charge is 2.33. The molecule has 0 bridgehead atoms. The van der Waals surface area contributed by atoms with Gasteiger partial charge in [0, 0.05) is 31.0 Å². The van der Waals surface area contributed by atoms with Crippen LogP contribution in [-0.2, 0) is 11.3 Å². The lowest BCUT2D eigenvalue weighted by Crippen LogP contribution is -2.24. The van der Waals surface area contributed by atoms with Gasteiger partial charge in [-0.15, -0.1) is 0 Å².